The average Bonchev–Trinajstić information content (AvgIpc) is 2.52. The number of anilines is 1. The molecule has 108 valence electrons. The van der Waals surface area contributed by atoms with E-state index in [0.717, 1.165) is 23.4 Å². The summed E-state index contributed by atoms with van der Waals surface area (Å²) in [6, 6.07) is 15.3. The summed E-state index contributed by atoms with van der Waals surface area (Å²) in [5, 5.41) is 13.2. The van der Waals surface area contributed by atoms with E-state index < -0.39 is 0 Å². The summed E-state index contributed by atoms with van der Waals surface area (Å²) in [7, 11) is 1.66. The third-order valence-corrected chi connectivity index (χ3v) is 3.59. The lowest BCUT2D eigenvalue weighted by Crippen LogP contribution is -2.12. The first kappa shape index (κ1) is 15.2. The van der Waals surface area contributed by atoms with Crippen LogP contribution in [-0.4, -0.2) is 7.11 Å². The second kappa shape index (κ2) is 7.01. The van der Waals surface area contributed by atoms with Crippen LogP contribution in [0, 0.1) is 11.3 Å². The zero-order valence-corrected chi connectivity index (χ0v) is 12.8. The molecule has 0 bridgehead atoms. The van der Waals surface area contributed by atoms with Crippen molar-refractivity contribution in [2.24, 2.45) is 0 Å². The second-order valence-electron chi connectivity index (χ2n) is 4.65. The molecule has 0 fully saturated rings. The van der Waals surface area contributed by atoms with Gasteiger partial charge < -0.3 is 10.1 Å². The highest BCUT2D eigenvalue weighted by molar-refractivity contribution is 6.30. The molecule has 1 unspecified atom stereocenters. The Balaban J connectivity index is 2.36. The number of hydrogen-bond donors (Lipinski definition) is 1. The summed E-state index contributed by atoms with van der Waals surface area (Å²) < 4.78 is 5.42. The van der Waals surface area contributed by atoms with Gasteiger partial charge in [-0.1, -0.05) is 36.7 Å². The minimum Gasteiger partial charge on any atom is -0.496 e. The Bertz CT molecular complexity index is 664. The Kier molecular flexibility index (Phi) is 5.08. The van der Waals surface area contributed by atoms with Crippen LogP contribution in [0.15, 0.2) is 42.5 Å². The summed E-state index contributed by atoms with van der Waals surface area (Å²) in [5.74, 6) is 0.831. The molecule has 21 heavy (non-hydrogen) atoms. The van der Waals surface area contributed by atoms with Crippen LogP contribution in [0.2, 0.25) is 5.02 Å². The fourth-order valence-corrected chi connectivity index (χ4v) is 2.45. The Morgan fingerprint density at radius 2 is 2.05 bits per heavy atom. The van der Waals surface area contributed by atoms with Gasteiger partial charge in [-0.2, -0.15) is 5.26 Å². The predicted octanol–water partition coefficient (Wildman–Crippen LogP) is 4.78. The zero-order chi connectivity index (χ0) is 15.2. The molecule has 1 atom stereocenters. The number of nitrogens with one attached hydrogen (secondary N) is 1. The van der Waals surface area contributed by atoms with E-state index in [0.29, 0.717) is 10.6 Å². The highest BCUT2D eigenvalue weighted by atomic mass is 35.5. The first-order chi connectivity index (χ1) is 10.2. The van der Waals surface area contributed by atoms with E-state index in [4.69, 9.17) is 16.3 Å². The van der Waals surface area contributed by atoms with Crippen molar-refractivity contribution in [1.29, 1.82) is 5.26 Å². The molecule has 0 saturated heterocycles. The summed E-state index contributed by atoms with van der Waals surface area (Å²) >= 11 is 6.03. The topological polar surface area (TPSA) is 45.0 Å². The van der Waals surface area contributed by atoms with Gasteiger partial charge in [-0.15, -0.1) is 0 Å². The van der Waals surface area contributed by atoms with Gasteiger partial charge in [-0.3, -0.25) is 0 Å². The standard InChI is InChI=1S/C17H17ClN2O/c1-3-15(14-6-4-5-7-17(14)21-2)20-16-10-13(18)9-8-12(16)11-19/h4-10,15,20H,3H2,1-2H3. The van der Waals surface area contributed by atoms with Crippen LogP contribution in [0.4, 0.5) is 5.69 Å². The lowest BCUT2D eigenvalue weighted by atomic mass is 10.0. The molecule has 2 aromatic rings. The number of ether oxygens (including phenoxy) is 1. The minimum absolute atomic E-state index is 0.0479. The molecule has 2 aromatic carbocycles. The van der Waals surface area contributed by atoms with Crippen molar-refractivity contribution in [3.63, 3.8) is 0 Å². The van der Waals surface area contributed by atoms with Crippen LogP contribution in [0.3, 0.4) is 0 Å². The molecule has 0 amide bonds. The second-order valence-corrected chi connectivity index (χ2v) is 5.09. The van der Waals surface area contributed by atoms with Crippen molar-refractivity contribution < 1.29 is 4.74 Å². The highest BCUT2D eigenvalue weighted by Gasteiger charge is 2.15. The third kappa shape index (κ3) is 3.48. The Morgan fingerprint density at radius 3 is 2.71 bits per heavy atom. The fourth-order valence-electron chi connectivity index (χ4n) is 2.28. The first-order valence-corrected chi connectivity index (χ1v) is 7.16. The number of rotatable bonds is 5. The smallest absolute Gasteiger partial charge is 0.124 e. The van der Waals surface area contributed by atoms with E-state index in [9.17, 15) is 5.26 Å². The van der Waals surface area contributed by atoms with Crippen LogP contribution in [0.25, 0.3) is 0 Å². The van der Waals surface area contributed by atoms with Gasteiger partial charge in [0.1, 0.15) is 11.8 Å². The predicted molar refractivity (Wildman–Crippen MR) is 85.8 cm³/mol. The van der Waals surface area contributed by atoms with Crippen molar-refractivity contribution in [2.75, 3.05) is 12.4 Å². The van der Waals surface area contributed by atoms with Crippen LogP contribution in [-0.2, 0) is 0 Å². The molecule has 0 heterocycles. The normalized spacial score (nSPS) is 11.5. The monoisotopic (exact) mass is 300 g/mol. The lowest BCUT2D eigenvalue weighted by Gasteiger charge is -2.21. The molecule has 0 radical (unpaired) electrons. The SMILES string of the molecule is CCC(Nc1cc(Cl)ccc1C#N)c1ccccc1OC. The fraction of sp³-hybridized carbons (Fsp3) is 0.235. The molecule has 0 spiro atoms. The molecular formula is C17H17ClN2O. The van der Waals surface area contributed by atoms with Gasteiger partial charge in [0.25, 0.3) is 0 Å². The number of hydrogen-bond acceptors (Lipinski definition) is 3. The highest BCUT2D eigenvalue weighted by Crippen LogP contribution is 2.31. The lowest BCUT2D eigenvalue weighted by molar-refractivity contribution is 0.406. The van der Waals surface area contributed by atoms with E-state index in [1.54, 1.807) is 25.3 Å². The molecule has 0 aliphatic heterocycles. The molecule has 0 aromatic heterocycles. The molecule has 2 rings (SSSR count). The molecule has 4 heteroatoms. The number of benzene rings is 2. The van der Waals surface area contributed by atoms with Crippen molar-refractivity contribution in [3.8, 4) is 11.8 Å². The number of para-hydroxylation sites is 1. The molecule has 3 nitrogen and oxygen atoms in total. The van der Waals surface area contributed by atoms with E-state index in [1.807, 2.05) is 24.3 Å². The number of nitrogens with zero attached hydrogens (tertiary/aromatic N) is 1. The number of halogens is 1. The zero-order valence-electron chi connectivity index (χ0n) is 12.1. The van der Waals surface area contributed by atoms with Crippen molar-refractivity contribution in [3.05, 3.63) is 58.6 Å². The summed E-state index contributed by atoms with van der Waals surface area (Å²) in [5.41, 5.74) is 2.38. The average molecular weight is 301 g/mol. The van der Waals surface area contributed by atoms with Crippen LogP contribution in [0.1, 0.15) is 30.5 Å². The van der Waals surface area contributed by atoms with E-state index >= 15 is 0 Å². The molecular weight excluding hydrogens is 284 g/mol. The molecule has 0 aliphatic rings. The Morgan fingerprint density at radius 1 is 1.29 bits per heavy atom. The van der Waals surface area contributed by atoms with Gasteiger partial charge >= 0.3 is 0 Å². The Labute approximate surface area is 130 Å². The minimum atomic E-state index is 0.0479. The summed E-state index contributed by atoms with van der Waals surface area (Å²) in [4.78, 5) is 0. The maximum atomic E-state index is 9.21. The van der Waals surface area contributed by atoms with Crippen LogP contribution in [0.5, 0.6) is 5.75 Å². The van der Waals surface area contributed by atoms with E-state index in [-0.39, 0.29) is 6.04 Å². The number of nitriles is 1. The van der Waals surface area contributed by atoms with Gasteiger partial charge in [0, 0.05) is 10.6 Å². The van der Waals surface area contributed by atoms with Crippen molar-refractivity contribution in [1.82, 2.24) is 0 Å². The number of methoxy groups -OCH3 is 1. The van der Waals surface area contributed by atoms with Crippen molar-refractivity contribution >= 4 is 17.3 Å². The first-order valence-electron chi connectivity index (χ1n) is 6.78. The quantitative estimate of drug-likeness (QED) is 0.864. The maximum absolute atomic E-state index is 9.21. The molecule has 0 aliphatic carbocycles. The largest absolute Gasteiger partial charge is 0.496 e. The van der Waals surface area contributed by atoms with Crippen molar-refractivity contribution in [2.45, 2.75) is 19.4 Å². The maximum Gasteiger partial charge on any atom is 0.124 e. The van der Waals surface area contributed by atoms with Gasteiger partial charge in [0.15, 0.2) is 0 Å². The third-order valence-electron chi connectivity index (χ3n) is 3.35. The van der Waals surface area contributed by atoms with Gasteiger partial charge in [0.05, 0.1) is 24.4 Å². The van der Waals surface area contributed by atoms with E-state index in [1.165, 1.54) is 0 Å². The van der Waals surface area contributed by atoms with Gasteiger partial charge in [-0.25, -0.2) is 0 Å². The van der Waals surface area contributed by atoms with Gasteiger partial charge in [-0.05, 0) is 30.7 Å². The van der Waals surface area contributed by atoms with Crippen LogP contribution >= 0.6 is 11.6 Å². The summed E-state index contributed by atoms with van der Waals surface area (Å²) in [6.45, 7) is 2.08. The Hall–Kier alpha value is -2.18. The van der Waals surface area contributed by atoms with Gasteiger partial charge in [0.2, 0.25) is 0 Å². The molecule has 1 N–H and O–H groups in total. The molecule has 0 saturated carbocycles. The summed E-state index contributed by atoms with van der Waals surface area (Å²) in [6.07, 6.45) is 0.859. The van der Waals surface area contributed by atoms with Crippen LogP contribution < -0.4 is 10.1 Å². The van der Waals surface area contributed by atoms with E-state index in [2.05, 4.69) is 18.3 Å².